The molecule has 0 spiro atoms. The van der Waals surface area contributed by atoms with Crippen LogP contribution in [-0.2, 0) is 4.79 Å². The van der Waals surface area contributed by atoms with E-state index in [1.165, 1.54) is 0 Å². The molecule has 5 nitrogen and oxygen atoms in total. The van der Waals surface area contributed by atoms with E-state index < -0.39 is 0 Å². The Morgan fingerprint density at radius 3 is 2.77 bits per heavy atom. The third-order valence-corrected chi connectivity index (χ3v) is 3.27. The number of ether oxygens (including phenoxy) is 2. The lowest BCUT2D eigenvalue weighted by Gasteiger charge is -2.14. The lowest BCUT2D eigenvalue weighted by Crippen LogP contribution is -2.22. The topological polar surface area (TPSA) is 60.5 Å². The zero-order chi connectivity index (χ0) is 15.8. The number of hydrogen-bond donors (Lipinski definition) is 1. The van der Waals surface area contributed by atoms with Crippen molar-refractivity contribution in [1.29, 1.82) is 0 Å². The normalized spacial score (nSPS) is 11.5. The van der Waals surface area contributed by atoms with Crippen LogP contribution in [0, 0.1) is 5.92 Å². The van der Waals surface area contributed by atoms with E-state index in [0.29, 0.717) is 24.5 Å². The fourth-order valence-corrected chi connectivity index (χ4v) is 1.91. The molecule has 0 aliphatic carbocycles. The maximum absolute atomic E-state index is 12.2. The summed E-state index contributed by atoms with van der Waals surface area (Å²) in [5, 5.41) is 2.83. The molecule has 0 bridgehead atoms. The second-order valence-corrected chi connectivity index (χ2v) is 4.92. The zero-order valence-corrected chi connectivity index (χ0v) is 12.8. The molecule has 1 N–H and O–H groups in total. The molecule has 0 fully saturated rings. The van der Waals surface area contributed by atoms with Gasteiger partial charge < -0.3 is 14.8 Å². The molecule has 0 unspecified atom stereocenters. The molecule has 0 saturated heterocycles. The maximum atomic E-state index is 12.2. The van der Waals surface area contributed by atoms with Crippen LogP contribution in [0.25, 0.3) is 0 Å². The Morgan fingerprint density at radius 1 is 1.27 bits per heavy atom. The van der Waals surface area contributed by atoms with Crippen molar-refractivity contribution in [2.45, 2.75) is 13.3 Å². The monoisotopic (exact) mass is 300 g/mol. The SMILES string of the molecule is COc1ccncc1NC(=O)[C@@H](C)CCOc1ccccc1. The Kier molecular flexibility index (Phi) is 5.77. The minimum atomic E-state index is -0.173. The first-order chi connectivity index (χ1) is 10.7. The van der Waals surface area contributed by atoms with Crippen molar-refractivity contribution < 1.29 is 14.3 Å². The Balaban J connectivity index is 1.82. The van der Waals surface area contributed by atoms with Crippen LogP contribution in [0.1, 0.15) is 13.3 Å². The summed E-state index contributed by atoms with van der Waals surface area (Å²) in [6.07, 6.45) is 3.82. The van der Waals surface area contributed by atoms with Crippen molar-refractivity contribution in [3.63, 3.8) is 0 Å². The summed E-state index contributed by atoms with van der Waals surface area (Å²) in [5.41, 5.74) is 0.575. The number of aromatic nitrogens is 1. The van der Waals surface area contributed by atoms with Gasteiger partial charge in [0.15, 0.2) is 0 Å². The average Bonchev–Trinajstić information content (AvgIpc) is 2.56. The summed E-state index contributed by atoms with van der Waals surface area (Å²) < 4.78 is 10.8. The fourth-order valence-electron chi connectivity index (χ4n) is 1.91. The van der Waals surface area contributed by atoms with Crippen molar-refractivity contribution in [3.8, 4) is 11.5 Å². The van der Waals surface area contributed by atoms with Crippen molar-refractivity contribution in [2.24, 2.45) is 5.92 Å². The molecule has 1 amide bonds. The smallest absolute Gasteiger partial charge is 0.227 e. The molecule has 5 heteroatoms. The molecular weight excluding hydrogens is 280 g/mol. The minimum absolute atomic E-state index is 0.0806. The Bertz CT molecular complexity index is 602. The quantitative estimate of drug-likeness (QED) is 0.853. The third-order valence-electron chi connectivity index (χ3n) is 3.27. The highest BCUT2D eigenvalue weighted by Gasteiger charge is 2.15. The number of carbonyl (C=O) groups is 1. The number of nitrogens with zero attached hydrogens (tertiary/aromatic N) is 1. The number of nitrogens with one attached hydrogen (secondary N) is 1. The second kappa shape index (κ2) is 8.02. The molecule has 0 saturated carbocycles. The largest absolute Gasteiger partial charge is 0.494 e. The molecule has 116 valence electrons. The minimum Gasteiger partial charge on any atom is -0.494 e. The van der Waals surface area contributed by atoms with Gasteiger partial charge in [0.05, 0.1) is 19.9 Å². The Morgan fingerprint density at radius 2 is 2.05 bits per heavy atom. The summed E-state index contributed by atoms with van der Waals surface area (Å²) in [5.74, 6) is 1.15. The number of para-hydroxylation sites is 1. The number of anilines is 1. The van der Waals surface area contributed by atoms with Crippen LogP contribution in [0.5, 0.6) is 11.5 Å². The number of carbonyl (C=O) groups excluding carboxylic acids is 1. The first-order valence-corrected chi connectivity index (χ1v) is 7.17. The molecule has 1 aromatic heterocycles. The van der Waals surface area contributed by atoms with Gasteiger partial charge in [0.1, 0.15) is 17.2 Å². The van der Waals surface area contributed by atoms with E-state index in [9.17, 15) is 4.79 Å². The standard InChI is InChI=1S/C17H20N2O3/c1-13(9-11-22-14-6-4-3-5-7-14)17(20)19-15-12-18-10-8-16(15)21-2/h3-8,10,12-13H,9,11H2,1-2H3,(H,19,20)/t13-/m0/s1. The van der Waals surface area contributed by atoms with E-state index in [0.717, 1.165) is 5.75 Å². The Labute approximate surface area is 130 Å². The van der Waals surface area contributed by atoms with Gasteiger partial charge in [-0.25, -0.2) is 0 Å². The van der Waals surface area contributed by atoms with Gasteiger partial charge in [-0.1, -0.05) is 25.1 Å². The van der Waals surface area contributed by atoms with Crippen molar-refractivity contribution in [1.82, 2.24) is 4.98 Å². The molecule has 0 aliphatic rings. The summed E-state index contributed by atoms with van der Waals surface area (Å²) >= 11 is 0. The van der Waals surface area contributed by atoms with Crippen molar-refractivity contribution in [3.05, 3.63) is 48.8 Å². The van der Waals surface area contributed by atoms with Gasteiger partial charge in [-0.15, -0.1) is 0 Å². The molecule has 0 aliphatic heterocycles. The van der Waals surface area contributed by atoms with E-state index in [1.807, 2.05) is 37.3 Å². The summed E-state index contributed by atoms with van der Waals surface area (Å²) in [4.78, 5) is 16.2. The van der Waals surface area contributed by atoms with Gasteiger partial charge in [-0.2, -0.15) is 0 Å². The molecule has 2 aromatic rings. The van der Waals surface area contributed by atoms with E-state index in [2.05, 4.69) is 10.3 Å². The number of rotatable bonds is 7. The second-order valence-electron chi connectivity index (χ2n) is 4.92. The van der Waals surface area contributed by atoms with Crippen molar-refractivity contribution in [2.75, 3.05) is 19.0 Å². The molecular formula is C17H20N2O3. The Hall–Kier alpha value is -2.56. The van der Waals surface area contributed by atoms with Crippen molar-refractivity contribution >= 4 is 11.6 Å². The van der Waals surface area contributed by atoms with E-state index in [4.69, 9.17) is 9.47 Å². The van der Waals surface area contributed by atoms with Gasteiger partial charge in [-0.05, 0) is 18.6 Å². The van der Waals surface area contributed by atoms with Gasteiger partial charge in [0, 0.05) is 18.2 Å². The van der Waals surface area contributed by atoms with Gasteiger partial charge in [0.2, 0.25) is 5.91 Å². The number of amides is 1. The summed E-state index contributed by atoms with van der Waals surface area (Å²) in [6.45, 7) is 2.36. The highest BCUT2D eigenvalue weighted by Crippen LogP contribution is 2.22. The fraction of sp³-hybridized carbons (Fsp3) is 0.294. The number of benzene rings is 1. The first kappa shape index (κ1) is 15.8. The van der Waals surface area contributed by atoms with Gasteiger partial charge in [0.25, 0.3) is 0 Å². The summed E-state index contributed by atoms with van der Waals surface area (Å²) in [7, 11) is 1.56. The maximum Gasteiger partial charge on any atom is 0.227 e. The summed E-state index contributed by atoms with van der Waals surface area (Å²) in [6, 6.07) is 11.3. The number of hydrogen-bond acceptors (Lipinski definition) is 4. The lowest BCUT2D eigenvalue weighted by molar-refractivity contribution is -0.119. The highest BCUT2D eigenvalue weighted by molar-refractivity contribution is 5.93. The van der Waals surface area contributed by atoms with Crippen LogP contribution in [0.4, 0.5) is 5.69 Å². The van der Waals surface area contributed by atoms with E-state index >= 15 is 0 Å². The zero-order valence-electron chi connectivity index (χ0n) is 12.8. The van der Waals surface area contributed by atoms with Crippen LogP contribution in [0.15, 0.2) is 48.8 Å². The molecule has 1 aromatic carbocycles. The van der Waals surface area contributed by atoms with Crippen LogP contribution < -0.4 is 14.8 Å². The number of pyridine rings is 1. The lowest BCUT2D eigenvalue weighted by atomic mass is 10.1. The molecule has 1 atom stereocenters. The third kappa shape index (κ3) is 4.48. The molecule has 2 rings (SSSR count). The first-order valence-electron chi connectivity index (χ1n) is 7.17. The highest BCUT2D eigenvalue weighted by atomic mass is 16.5. The van der Waals surface area contributed by atoms with E-state index in [-0.39, 0.29) is 11.8 Å². The van der Waals surface area contributed by atoms with Crippen LogP contribution in [0.2, 0.25) is 0 Å². The van der Waals surface area contributed by atoms with Gasteiger partial charge in [-0.3, -0.25) is 9.78 Å². The van der Waals surface area contributed by atoms with Gasteiger partial charge >= 0.3 is 0 Å². The number of methoxy groups -OCH3 is 1. The van der Waals surface area contributed by atoms with Crippen LogP contribution in [0.3, 0.4) is 0 Å². The van der Waals surface area contributed by atoms with E-state index in [1.54, 1.807) is 25.6 Å². The molecule has 1 heterocycles. The predicted octanol–water partition coefficient (Wildman–Crippen LogP) is 3.13. The molecule has 0 radical (unpaired) electrons. The van der Waals surface area contributed by atoms with Crippen LogP contribution >= 0.6 is 0 Å². The van der Waals surface area contributed by atoms with Crippen LogP contribution in [-0.4, -0.2) is 24.6 Å². The predicted molar refractivity (Wildman–Crippen MR) is 85.1 cm³/mol. The molecule has 22 heavy (non-hydrogen) atoms. The average molecular weight is 300 g/mol.